The number of hydrogen-bond donors (Lipinski definition) is 0. The summed E-state index contributed by atoms with van der Waals surface area (Å²) in [6.45, 7) is 11.8. The van der Waals surface area contributed by atoms with Crippen LogP contribution < -0.4 is 4.90 Å². The highest BCUT2D eigenvalue weighted by atomic mass is 15.1. The Morgan fingerprint density at radius 3 is 2.50 bits per heavy atom. The molecule has 1 nitrogen and oxygen atoms in total. The predicted octanol–water partition coefficient (Wildman–Crippen LogP) is 4.53. The van der Waals surface area contributed by atoms with Gasteiger partial charge in [0.05, 0.1) is 0 Å². The summed E-state index contributed by atoms with van der Waals surface area (Å²) >= 11 is 0. The maximum absolute atomic E-state index is 4.17. The zero-order chi connectivity index (χ0) is 12.0. The molecule has 0 saturated carbocycles. The van der Waals surface area contributed by atoms with Crippen molar-refractivity contribution in [2.75, 3.05) is 11.4 Å². The average Bonchev–Trinajstić information content (AvgIpc) is 2.31. The van der Waals surface area contributed by atoms with E-state index in [0.29, 0.717) is 0 Å². The molecule has 0 amide bonds. The summed E-state index contributed by atoms with van der Waals surface area (Å²) in [4.78, 5) is 2.36. The molecule has 0 saturated heterocycles. The van der Waals surface area contributed by atoms with Gasteiger partial charge in [-0.1, -0.05) is 45.0 Å². The molecule has 0 atom stereocenters. The van der Waals surface area contributed by atoms with Crippen LogP contribution in [0.2, 0.25) is 0 Å². The van der Waals surface area contributed by atoms with Gasteiger partial charge in [-0.05, 0) is 31.4 Å². The molecule has 0 heterocycles. The summed E-state index contributed by atoms with van der Waals surface area (Å²) in [5, 5.41) is 0. The molecule has 16 heavy (non-hydrogen) atoms. The summed E-state index contributed by atoms with van der Waals surface area (Å²) in [6.07, 6.45) is 3.45. The second kappa shape index (κ2) is 6.37. The summed E-state index contributed by atoms with van der Waals surface area (Å²) < 4.78 is 0. The fourth-order valence-electron chi connectivity index (χ4n) is 1.82. The minimum atomic E-state index is 1.01. The number of anilines is 1. The van der Waals surface area contributed by atoms with Gasteiger partial charge in [0.1, 0.15) is 0 Å². The van der Waals surface area contributed by atoms with E-state index >= 15 is 0 Å². The number of aryl methyl sites for hydroxylation is 1. The molecule has 0 spiro atoms. The number of benzene rings is 1. The van der Waals surface area contributed by atoms with Crippen LogP contribution in [0.4, 0.5) is 5.69 Å². The highest BCUT2D eigenvalue weighted by Gasteiger charge is 2.10. The van der Waals surface area contributed by atoms with Gasteiger partial charge in [-0.15, -0.1) is 0 Å². The molecule has 88 valence electrons. The van der Waals surface area contributed by atoms with E-state index in [0.717, 1.165) is 13.0 Å². The van der Waals surface area contributed by atoms with E-state index in [1.807, 2.05) is 0 Å². The Kier molecular flexibility index (Phi) is 5.10. The first-order valence-corrected chi connectivity index (χ1v) is 6.21. The molecule has 0 aromatic heterocycles. The lowest BCUT2D eigenvalue weighted by Crippen LogP contribution is -2.23. The number of unbranched alkanes of at least 4 members (excludes halogenated alkanes) is 1. The van der Waals surface area contributed by atoms with E-state index in [9.17, 15) is 0 Å². The normalized spacial score (nSPS) is 10.2. The van der Waals surface area contributed by atoms with E-state index in [2.05, 4.69) is 56.5 Å². The van der Waals surface area contributed by atoms with Crippen LogP contribution in [0.1, 0.15) is 38.7 Å². The van der Waals surface area contributed by atoms with E-state index in [1.54, 1.807) is 0 Å². The molecule has 1 heteroatoms. The Hall–Kier alpha value is -1.24. The molecule has 0 aliphatic carbocycles. The van der Waals surface area contributed by atoms with Crippen molar-refractivity contribution in [2.24, 2.45) is 0 Å². The van der Waals surface area contributed by atoms with Gasteiger partial charge in [0.15, 0.2) is 0 Å². The van der Waals surface area contributed by atoms with Crippen LogP contribution in [0.3, 0.4) is 0 Å². The topological polar surface area (TPSA) is 3.24 Å². The number of rotatable bonds is 6. The third-order valence-corrected chi connectivity index (χ3v) is 2.93. The van der Waals surface area contributed by atoms with Crippen molar-refractivity contribution in [2.45, 2.75) is 40.0 Å². The smallest absolute Gasteiger partial charge is 0.0437 e. The monoisotopic (exact) mass is 217 g/mol. The van der Waals surface area contributed by atoms with E-state index in [-0.39, 0.29) is 0 Å². The molecule has 1 aromatic carbocycles. The van der Waals surface area contributed by atoms with E-state index < -0.39 is 0 Å². The molecular weight excluding hydrogens is 194 g/mol. The molecule has 1 rings (SSSR count). The van der Waals surface area contributed by atoms with Crippen molar-refractivity contribution in [1.82, 2.24) is 0 Å². The van der Waals surface area contributed by atoms with Crippen molar-refractivity contribution in [3.8, 4) is 0 Å². The van der Waals surface area contributed by atoms with Crippen molar-refractivity contribution in [1.29, 1.82) is 0 Å². The van der Waals surface area contributed by atoms with Crippen LogP contribution in [0.15, 0.2) is 36.5 Å². The molecule has 0 radical (unpaired) electrons. The Bertz CT molecular complexity index is 341. The summed E-state index contributed by atoms with van der Waals surface area (Å²) in [6, 6.07) is 8.54. The Morgan fingerprint density at radius 2 is 1.94 bits per heavy atom. The Morgan fingerprint density at radius 1 is 1.25 bits per heavy atom. The van der Waals surface area contributed by atoms with Crippen LogP contribution in [-0.2, 0) is 0 Å². The standard InChI is InChI=1S/C15H23N/c1-5-7-12-16(14(4)6-2)15-11-9-8-10-13(15)3/h8-11H,4-7,12H2,1-3H3. The zero-order valence-corrected chi connectivity index (χ0v) is 10.8. The lowest BCUT2D eigenvalue weighted by atomic mass is 10.1. The number of allylic oxidation sites excluding steroid dienone is 1. The van der Waals surface area contributed by atoms with Gasteiger partial charge in [-0.25, -0.2) is 0 Å². The van der Waals surface area contributed by atoms with Crippen LogP contribution >= 0.6 is 0 Å². The average molecular weight is 217 g/mol. The highest BCUT2D eigenvalue weighted by Crippen LogP contribution is 2.24. The van der Waals surface area contributed by atoms with Gasteiger partial charge >= 0.3 is 0 Å². The summed E-state index contributed by atoms with van der Waals surface area (Å²) in [5.74, 6) is 0. The van der Waals surface area contributed by atoms with Crippen molar-refractivity contribution >= 4 is 5.69 Å². The van der Waals surface area contributed by atoms with Gasteiger partial charge in [0.25, 0.3) is 0 Å². The van der Waals surface area contributed by atoms with Crippen LogP contribution in [-0.4, -0.2) is 6.54 Å². The number of para-hydroxylation sites is 1. The third-order valence-electron chi connectivity index (χ3n) is 2.93. The maximum atomic E-state index is 4.17. The summed E-state index contributed by atoms with van der Waals surface area (Å²) in [5.41, 5.74) is 3.85. The highest BCUT2D eigenvalue weighted by molar-refractivity contribution is 5.56. The quantitative estimate of drug-likeness (QED) is 0.677. The van der Waals surface area contributed by atoms with Crippen LogP contribution in [0.25, 0.3) is 0 Å². The minimum absolute atomic E-state index is 1.01. The van der Waals surface area contributed by atoms with Gasteiger partial charge < -0.3 is 4.90 Å². The van der Waals surface area contributed by atoms with E-state index in [1.165, 1.54) is 29.8 Å². The number of nitrogens with zero attached hydrogens (tertiary/aromatic N) is 1. The molecule has 0 aliphatic rings. The fraction of sp³-hybridized carbons (Fsp3) is 0.467. The third kappa shape index (κ3) is 3.13. The van der Waals surface area contributed by atoms with Gasteiger partial charge in [0, 0.05) is 17.9 Å². The van der Waals surface area contributed by atoms with Crippen molar-refractivity contribution < 1.29 is 0 Å². The van der Waals surface area contributed by atoms with Crippen LogP contribution in [0, 0.1) is 6.92 Å². The summed E-state index contributed by atoms with van der Waals surface area (Å²) in [7, 11) is 0. The molecule has 0 N–H and O–H groups in total. The van der Waals surface area contributed by atoms with Crippen molar-refractivity contribution in [3.05, 3.63) is 42.1 Å². The zero-order valence-electron chi connectivity index (χ0n) is 10.8. The first kappa shape index (κ1) is 12.8. The number of hydrogen-bond acceptors (Lipinski definition) is 1. The largest absolute Gasteiger partial charge is 0.346 e. The molecule has 0 bridgehead atoms. The minimum Gasteiger partial charge on any atom is -0.346 e. The molecule has 0 fully saturated rings. The molecular formula is C15H23N. The van der Waals surface area contributed by atoms with E-state index in [4.69, 9.17) is 0 Å². The maximum Gasteiger partial charge on any atom is 0.0437 e. The first-order chi connectivity index (χ1) is 7.70. The molecule has 1 aromatic rings. The lowest BCUT2D eigenvalue weighted by Gasteiger charge is -2.27. The van der Waals surface area contributed by atoms with Gasteiger partial charge in [-0.3, -0.25) is 0 Å². The van der Waals surface area contributed by atoms with Gasteiger partial charge in [-0.2, -0.15) is 0 Å². The molecule has 0 unspecified atom stereocenters. The predicted molar refractivity (Wildman–Crippen MR) is 72.9 cm³/mol. The first-order valence-electron chi connectivity index (χ1n) is 6.21. The Balaban J connectivity index is 2.92. The molecule has 0 aliphatic heterocycles. The SMILES string of the molecule is C=C(CC)N(CCCC)c1ccccc1C. The van der Waals surface area contributed by atoms with Gasteiger partial charge in [0.2, 0.25) is 0 Å². The second-order valence-corrected chi connectivity index (χ2v) is 4.21. The Labute approximate surface area is 99.8 Å². The second-order valence-electron chi connectivity index (χ2n) is 4.21. The lowest BCUT2D eigenvalue weighted by molar-refractivity contribution is 0.752. The van der Waals surface area contributed by atoms with Crippen LogP contribution in [0.5, 0.6) is 0 Å². The fourth-order valence-corrected chi connectivity index (χ4v) is 1.82. The van der Waals surface area contributed by atoms with Crippen molar-refractivity contribution in [3.63, 3.8) is 0 Å².